The highest BCUT2D eigenvalue weighted by molar-refractivity contribution is 9.11. The minimum atomic E-state index is -0.518. The Bertz CT molecular complexity index is 324. The Labute approximate surface area is 83.5 Å². The van der Waals surface area contributed by atoms with Crippen LogP contribution in [-0.4, -0.2) is 4.92 Å². The normalized spacial score (nSPS) is 11.0. The van der Waals surface area contributed by atoms with Crippen LogP contribution < -0.4 is 5.32 Å². The van der Waals surface area contributed by atoms with Crippen molar-refractivity contribution in [2.75, 3.05) is 5.32 Å². The van der Waals surface area contributed by atoms with Gasteiger partial charge < -0.3 is 5.32 Å². The molecule has 0 spiro atoms. The quantitative estimate of drug-likeness (QED) is 0.504. The van der Waals surface area contributed by atoms with Gasteiger partial charge in [-0.25, -0.2) is 0 Å². The van der Waals surface area contributed by atoms with Gasteiger partial charge in [0.15, 0.2) is 0 Å². The van der Waals surface area contributed by atoms with Crippen LogP contribution in [0.25, 0.3) is 0 Å². The fraction of sp³-hybridized carbons (Fsp3) is 0. The van der Waals surface area contributed by atoms with E-state index in [0.717, 1.165) is 5.69 Å². The Morgan fingerprint density at radius 1 is 1.46 bits per heavy atom. The lowest BCUT2D eigenvalue weighted by molar-refractivity contribution is -0.409. The summed E-state index contributed by atoms with van der Waals surface area (Å²) in [6, 6.07) is 9.19. The largest absolute Gasteiger partial charge is 0.355 e. The van der Waals surface area contributed by atoms with Gasteiger partial charge in [-0.05, 0) is 12.1 Å². The van der Waals surface area contributed by atoms with E-state index in [4.69, 9.17) is 0 Å². The van der Waals surface area contributed by atoms with Crippen molar-refractivity contribution in [2.45, 2.75) is 0 Å². The number of para-hydroxylation sites is 1. The van der Waals surface area contributed by atoms with Gasteiger partial charge in [-0.1, -0.05) is 18.2 Å². The maximum atomic E-state index is 10.2. The van der Waals surface area contributed by atoms with Gasteiger partial charge in [-0.3, -0.25) is 10.1 Å². The molecule has 5 heteroatoms. The average Bonchev–Trinajstić information content (AvgIpc) is 2.15. The number of nitrogens with one attached hydrogen (secondary N) is 1. The van der Waals surface area contributed by atoms with Gasteiger partial charge in [0, 0.05) is 21.6 Å². The SMILES string of the molecule is O=[N+]([O-])C(Br)=CNc1ccccc1. The summed E-state index contributed by atoms with van der Waals surface area (Å²) in [5, 5.41) is 12.9. The van der Waals surface area contributed by atoms with Gasteiger partial charge in [0.05, 0.1) is 11.1 Å². The van der Waals surface area contributed by atoms with Crippen molar-refractivity contribution in [1.29, 1.82) is 0 Å². The Morgan fingerprint density at radius 3 is 2.62 bits per heavy atom. The first-order chi connectivity index (χ1) is 6.20. The highest BCUT2D eigenvalue weighted by Gasteiger charge is 2.02. The molecule has 0 radical (unpaired) electrons. The molecule has 0 bridgehead atoms. The molecule has 0 amide bonds. The molecular weight excluding hydrogens is 236 g/mol. The van der Waals surface area contributed by atoms with Crippen LogP contribution in [0.4, 0.5) is 5.69 Å². The number of anilines is 1. The summed E-state index contributed by atoms with van der Waals surface area (Å²) in [5.41, 5.74) is 0.807. The van der Waals surface area contributed by atoms with Crippen LogP contribution in [0.3, 0.4) is 0 Å². The molecule has 0 aromatic heterocycles. The summed E-state index contributed by atoms with van der Waals surface area (Å²) >= 11 is 2.80. The molecule has 13 heavy (non-hydrogen) atoms. The molecule has 0 aliphatic carbocycles. The predicted molar refractivity (Wildman–Crippen MR) is 54.1 cm³/mol. The minimum Gasteiger partial charge on any atom is -0.355 e. The summed E-state index contributed by atoms with van der Waals surface area (Å²) < 4.78 is -0.101. The Balaban J connectivity index is 2.62. The lowest BCUT2D eigenvalue weighted by Crippen LogP contribution is -1.95. The molecule has 0 atom stereocenters. The zero-order valence-electron chi connectivity index (χ0n) is 6.61. The van der Waals surface area contributed by atoms with Crippen molar-refractivity contribution in [2.24, 2.45) is 0 Å². The number of nitrogens with zero attached hydrogens (tertiary/aromatic N) is 1. The number of nitro groups is 1. The second-order valence-electron chi connectivity index (χ2n) is 2.23. The first-order valence-electron chi connectivity index (χ1n) is 3.52. The van der Waals surface area contributed by atoms with Crippen molar-refractivity contribution >= 4 is 21.6 Å². The van der Waals surface area contributed by atoms with Gasteiger partial charge in [0.2, 0.25) is 0 Å². The van der Waals surface area contributed by atoms with E-state index in [9.17, 15) is 10.1 Å². The summed E-state index contributed by atoms with van der Waals surface area (Å²) in [6.45, 7) is 0. The van der Waals surface area contributed by atoms with Crippen molar-refractivity contribution < 1.29 is 4.92 Å². The average molecular weight is 243 g/mol. The number of benzene rings is 1. The van der Waals surface area contributed by atoms with Gasteiger partial charge >= 0.3 is 4.61 Å². The first kappa shape index (κ1) is 9.73. The molecule has 0 saturated heterocycles. The van der Waals surface area contributed by atoms with Crippen LogP contribution in [-0.2, 0) is 0 Å². The smallest absolute Gasteiger partial charge is 0.326 e. The maximum absolute atomic E-state index is 10.2. The third kappa shape index (κ3) is 3.25. The van der Waals surface area contributed by atoms with Crippen LogP contribution in [0.15, 0.2) is 41.1 Å². The number of halogens is 1. The van der Waals surface area contributed by atoms with E-state index in [1.165, 1.54) is 6.20 Å². The standard InChI is InChI=1S/C8H7BrN2O2/c9-8(11(12)13)6-10-7-4-2-1-3-5-7/h1-6,10H. The first-order valence-corrected chi connectivity index (χ1v) is 4.31. The maximum Gasteiger partial charge on any atom is 0.326 e. The second-order valence-corrected chi connectivity index (χ2v) is 3.05. The highest BCUT2D eigenvalue weighted by atomic mass is 79.9. The number of rotatable bonds is 3. The van der Waals surface area contributed by atoms with Crippen LogP contribution in [0.5, 0.6) is 0 Å². The summed E-state index contributed by atoms with van der Waals surface area (Å²) in [5.74, 6) is 0. The Morgan fingerprint density at radius 2 is 2.08 bits per heavy atom. The van der Waals surface area contributed by atoms with Crippen LogP contribution >= 0.6 is 15.9 Å². The Kier molecular flexibility index (Phi) is 3.45. The molecule has 0 fully saturated rings. The van der Waals surface area contributed by atoms with E-state index in [0.29, 0.717) is 0 Å². The minimum absolute atomic E-state index is 0.101. The number of hydrogen-bond acceptors (Lipinski definition) is 3. The zero-order valence-corrected chi connectivity index (χ0v) is 8.19. The van der Waals surface area contributed by atoms with E-state index >= 15 is 0 Å². The molecule has 0 aliphatic rings. The van der Waals surface area contributed by atoms with Gasteiger partial charge in [-0.2, -0.15) is 0 Å². The van der Waals surface area contributed by atoms with Crippen molar-refractivity contribution in [3.63, 3.8) is 0 Å². The molecule has 1 aromatic carbocycles. The summed E-state index contributed by atoms with van der Waals surface area (Å²) in [7, 11) is 0. The van der Waals surface area contributed by atoms with E-state index in [1.54, 1.807) is 0 Å². The van der Waals surface area contributed by atoms with E-state index < -0.39 is 4.92 Å². The molecule has 1 N–H and O–H groups in total. The van der Waals surface area contributed by atoms with Gasteiger partial charge in [-0.15, -0.1) is 0 Å². The van der Waals surface area contributed by atoms with E-state index in [1.807, 2.05) is 30.3 Å². The monoisotopic (exact) mass is 242 g/mol. The molecule has 4 nitrogen and oxygen atoms in total. The highest BCUT2D eigenvalue weighted by Crippen LogP contribution is 2.09. The predicted octanol–water partition coefficient (Wildman–Crippen LogP) is 2.57. The molecule has 0 saturated carbocycles. The van der Waals surface area contributed by atoms with Crippen LogP contribution in [0.2, 0.25) is 0 Å². The zero-order chi connectivity index (χ0) is 9.68. The molecule has 0 unspecified atom stereocenters. The van der Waals surface area contributed by atoms with Crippen LogP contribution in [0.1, 0.15) is 0 Å². The molecule has 68 valence electrons. The van der Waals surface area contributed by atoms with E-state index in [-0.39, 0.29) is 4.61 Å². The summed E-state index contributed by atoms with van der Waals surface area (Å²) in [6.07, 6.45) is 1.29. The fourth-order valence-electron chi connectivity index (χ4n) is 0.730. The van der Waals surface area contributed by atoms with Crippen LogP contribution in [0, 0.1) is 10.1 Å². The third-order valence-corrected chi connectivity index (χ3v) is 1.82. The van der Waals surface area contributed by atoms with Gasteiger partial charge in [0.1, 0.15) is 0 Å². The lowest BCUT2D eigenvalue weighted by Gasteiger charge is -1.97. The molecule has 0 aliphatic heterocycles. The Hall–Kier alpha value is -1.36. The van der Waals surface area contributed by atoms with Crippen molar-refractivity contribution in [1.82, 2.24) is 0 Å². The second kappa shape index (κ2) is 4.61. The fourth-order valence-corrected chi connectivity index (χ4v) is 0.844. The van der Waals surface area contributed by atoms with E-state index in [2.05, 4.69) is 21.2 Å². The van der Waals surface area contributed by atoms with Gasteiger partial charge in [0.25, 0.3) is 0 Å². The molecule has 0 heterocycles. The van der Waals surface area contributed by atoms with Crippen molar-refractivity contribution in [3.05, 3.63) is 51.3 Å². The topological polar surface area (TPSA) is 55.2 Å². The molecule has 1 aromatic rings. The third-order valence-electron chi connectivity index (χ3n) is 1.31. The van der Waals surface area contributed by atoms with Crippen molar-refractivity contribution in [3.8, 4) is 0 Å². The lowest BCUT2D eigenvalue weighted by atomic mass is 10.3. The number of hydrogen-bond donors (Lipinski definition) is 1. The molecule has 1 rings (SSSR count). The summed E-state index contributed by atoms with van der Waals surface area (Å²) in [4.78, 5) is 9.65. The molecular formula is C8H7BrN2O2.